The second kappa shape index (κ2) is 13.3. The first kappa shape index (κ1) is 22.4. The Bertz CT molecular complexity index is 608. The van der Waals surface area contributed by atoms with Crippen LogP contribution in [0.5, 0.6) is 0 Å². The Kier molecular flexibility index (Phi) is 10.7. The molecule has 1 aromatic carbocycles. The number of nitrogens with one attached hydrogen (secondary N) is 1. The van der Waals surface area contributed by atoms with Gasteiger partial charge in [-0.25, -0.2) is 0 Å². The fourth-order valence-corrected chi connectivity index (χ4v) is 4.02. The predicted octanol–water partition coefficient (Wildman–Crippen LogP) is 5.21. The molecule has 1 aliphatic carbocycles. The van der Waals surface area contributed by atoms with E-state index in [1.807, 2.05) is 6.92 Å². The van der Waals surface area contributed by atoms with Crippen molar-refractivity contribution in [3.8, 4) is 0 Å². The smallest absolute Gasteiger partial charge is 0.219 e. The van der Waals surface area contributed by atoms with E-state index >= 15 is 0 Å². The molecule has 0 bridgehead atoms. The van der Waals surface area contributed by atoms with Gasteiger partial charge in [0.2, 0.25) is 5.91 Å². The Morgan fingerprint density at radius 1 is 1.11 bits per heavy atom. The fraction of sp³-hybridized carbons (Fsp3) is 0.560. The summed E-state index contributed by atoms with van der Waals surface area (Å²) in [5, 5.41) is 13.2. The molecule has 0 radical (unpaired) electrons. The third-order valence-electron chi connectivity index (χ3n) is 5.63. The molecule has 0 heterocycles. The van der Waals surface area contributed by atoms with Crippen LogP contribution in [0.3, 0.4) is 0 Å². The lowest BCUT2D eigenvalue weighted by Gasteiger charge is -2.17. The van der Waals surface area contributed by atoms with Crippen molar-refractivity contribution in [2.45, 2.75) is 70.8 Å². The highest BCUT2D eigenvalue weighted by Gasteiger charge is 2.32. The minimum absolute atomic E-state index is 0.139. The van der Waals surface area contributed by atoms with Gasteiger partial charge in [-0.1, -0.05) is 54.6 Å². The summed E-state index contributed by atoms with van der Waals surface area (Å²) in [4.78, 5) is 11.4. The lowest BCUT2D eigenvalue weighted by atomic mass is 9.90. The van der Waals surface area contributed by atoms with Crippen LogP contribution in [0.15, 0.2) is 54.6 Å². The number of aryl methyl sites for hydroxylation is 1. The summed E-state index contributed by atoms with van der Waals surface area (Å²) in [6.07, 6.45) is 17.6. The number of unbranched alkanes of at least 4 members (excludes halogenated alkanes) is 2. The monoisotopic (exact) mass is 383 g/mol. The summed E-state index contributed by atoms with van der Waals surface area (Å²) < 4.78 is 0. The highest BCUT2D eigenvalue weighted by atomic mass is 16.3. The summed E-state index contributed by atoms with van der Waals surface area (Å²) in [6, 6.07) is 10.6. The Morgan fingerprint density at radius 3 is 2.68 bits per heavy atom. The van der Waals surface area contributed by atoms with E-state index < -0.39 is 0 Å². The topological polar surface area (TPSA) is 49.3 Å². The molecule has 0 aromatic heterocycles. The molecule has 2 N–H and O–H groups in total. The molecule has 3 nitrogen and oxygen atoms in total. The van der Waals surface area contributed by atoms with Crippen molar-refractivity contribution in [3.63, 3.8) is 0 Å². The Balaban J connectivity index is 1.65. The average molecular weight is 384 g/mol. The summed E-state index contributed by atoms with van der Waals surface area (Å²) in [5.74, 6) is 0.969. The van der Waals surface area contributed by atoms with Crippen molar-refractivity contribution in [1.29, 1.82) is 0 Å². The second-order valence-electron chi connectivity index (χ2n) is 7.83. The van der Waals surface area contributed by atoms with Crippen molar-refractivity contribution in [2.24, 2.45) is 11.8 Å². The number of carbonyl (C=O) groups is 1. The molecule has 1 aromatic rings. The first-order valence-electron chi connectivity index (χ1n) is 11.0. The van der Waals surface area contributed by atoms with E-state index in [0.717, 1.165) is 44.9 Å². The van der Waals surface area contributed by atoms with Gasteiger partial charge < -0.3 is 10.4 Å². The van der Waals surface area contributed by atoms with Crippen LogP contribution in [0.25, 0.3) is 0 Å². The van der Waals surface area contributed by atoms with E-state index in [2.05, 4.69) is 60.0 Å². The molecule has 3 heteroatoms. The number of hydrogen-bond acceptors (Lipinski definition) is 2. The molecule has 1 saturated carbocycles. The van der Waals surface area contributed by atoms with Crippen molar-refractivity contribution >= 4 is 5.91 Å². The number of amides is 1. The molecular formula is C25H37NO2. The molecule has 0 saturated heterocycles. The van der Waals surface area contributed by atoms with E-state index in [9.17, 15) is 9.90 Å². The summed E-state index contributed by atoms with van der Waals surface area (Å²) in [6.45, 7) is 2.65. The van der Waals surface area contributed by atoms with Gasteiger partial charge in [-0.05, 0) is 75.7 Å². The van der Waals surface area contributed by atoms with E-state index in [1.54, 1.807) is 0 Å². The van der Waals surface area contributed by atoms with Crippen molar-refractivity contribution < 1.29 is 9.90 Å². The second-order valence-corrected chi connectivity index (χ2v) is 7.83. The van der Waals surface area contributed by atoms with Crippen molar-refractivity contribution in [2.75, 3.05) is 6.54 Å². The molecule has 0 unspecified atom stereocenters. The van der Waals surface area contributed by atoms with Crippen LogP contribution in [-0.2, 0) is 11.2 Å². The quantitative estimate of drug-likeness (QED) is 0.385. The molecule has 2 rings (SSSR count). The summed E-state index contributed by atoms with van der Waals surface area (Å²) in [7, 11) is 0. The average Bonchev–Trinajstić information content (AvgIpc) is 3.05. The molecule has 154 valence electrons. The van der Waals surface area contributed by atoms with E-state index in [0.29, 0.717) is 24.8 Å². The first-order chi connectivity index (χ1) is 13.7. The number of aliphatic hydroxyl groups is 1. The molecule has 1 fully saturated rings. The normalized spacial score (nSPS) is 22.3. The van der Waals surface area contributed by atoms with Gasteiger partial charge in [0.05, 0.1) is 6.10 Å². The van der Waals surface area contributed by atoms with Gasteiger partial charge in [0.1, 0.15) is 0 Å². The zero-order valence-corrected chi connectivity index (χ0v) is 17.4. The minimum Gasteiger partial charge on any atom is -0.393 e. The number of aliphatic hydroxyl groups excluding tert-OH is 1. The SMILES string of the molecule is CCNC(=O)CCC/C=C\C[C@H]1[C@@H](O)CC[C@@H]1/C=C/CCCc1ccccc1. The Hall–Kier alpha value is -1.87. The molecule has 0 aliphatic heterocycles. The van der Waals surface area contributed by atoms with Gasteiger partial charge in [0.15, 0.2) is 0 Å². The Labute approximate surface area is 170 Å². The maximum absolute atomic E-state index is 11.4. The van der Waals surface area contributed by atoms with E-state index in [4.69, 9.17) is 0 Å². The van der Waals surface area contributed by atoms with Crippen molar-refractivity contribution in [1.82, 2.24) is 5.32 Å². The van der Waals surface area contributed by atoms with E-state index in [1.165, 1.54) is 12.0 Å². The number of benzene rings is 1. The number of allylic oxidation sites excluding steroid dienone is 4. The van der Waals surface area contributed by atoms with Gasteiger partial charge in [-0.2, -0.15) is 0 Å². The van der Waals surface area contributed by atoms with Crippen LogP contribution in [0.2, 0.25) is 0 Å². The summed E-state index contributed by atoms with van der Waals surface area (Å²) >= 11 is 0. The minimum atomic E-state index is -0.182. The first-order valence-corrected chi connectivity index (χ1v) is 11.0. The highest BCUT2D eigenvalue weighted by molar-refractivity contribution is 5.75. The molecule has 1 aliphatic rings. The molecule has 28 heavy (non-hydrogen) atoms. The van der Waals surface area contributed by atoms with Crippen LogP contribution in [0.1, 0.15) is 63.9 Å². The molecular weight excluding hydrogens is 346 g/mol. The molecule has 1 amide bonds. The number of carbonyl (C=O) groups excluding carboxylic acids is 1. The molecule has 0 spiro atoms. The summed E-state index contributed by atoms with van der Waals surface area (Å²) in [5.41, 5.74) is 1.40. The number of hydrogen-bond donors (Lipinski definition) is 2. The third kappa shape index (κ3) is 8.43. The zero-order valence-electron chi connectivity index (χ0n) is 17.4. The van der Waals surface area contributed by atoms with Crippen LogP contribution in [0.4, 0.5) is 0 Å². The van der Waals surface area contributed by atoms with Crippen molar-refractivity contribution in [3.05, 3.63) is 60.2 Å². The van der Waals surface area contributed by atoms with E-state index in [-0.39, 0.29) is 12.0 Å². The lowest BCUT2D eigenvalue weighted by molar-refractivity contribution is -0.121. The molecule has 3 atom stereocenters. The Morgan fingerprint density at radius 2 is 1.89 bits per heavy atom. The van der Waals surface area contributed by atoms with Crippen LogP contribution in [-0.4, -0.2) is 23.7 Å². The maximum Gasteiger partial charge on any atom is 0.219 e. The highest BCUT2D eigenvalue weighted by Crippen LogP contribution is 2.36. The standard InChI is InChI=1S/C25H37NO2/c1-2-26-25(28)18-12-4-3-11-17-23-22(19-20-24(23)27)16-10-6-9-15-21-13-7-5-8-14-21/h3,5,7-8,10-11,13-14,16,22-24,27H,2,4,6,9,12,15,17-20H2,1H3,(H,26,28)/b11-3-,16-10+/t22-,23+,24-/m0/s1. The van der Waals surface area contributed by atoms with Crippen LogP contribution in [0, 0.1) is 11.8 Å². The van der Waals surface area contributed by atoms with Gasteiger partial charge in [0.25, 0.3) is 0 Å². The zero-order chi connectivity index (χ0) is 20.0. The third-order valence-corrected chi connectivity index (χ3v) is 5.63. The fourth-order valence-electron chi connectivity index (χ4n) is 4.02. The maximum atomic E-state index is 11.4. The lowest BCUT2D eigenvalue weighted by Crippen LogP contribution is -2.21. The van der Waals surface area contributed by atoms with Gasteiger partial charge >= 0.3 is 0 Å². The van der Waals surface area contributed by atoms with Gasteiger partial charge in [0, 0.05) is 13.0 Å². The van der Waals surface area contributed by atoms with Gasteiger partial charge in [-0.3, -0.25) is 4.79 Å². The predicted molar refractivity (Wildman–Crippen MR) is 117 cm³/mol. The number of rotatable bonds is 12. The largest absolute Gasteiger partial charge is 0.393 e. The van der Waals surface area contributed by atoms with Crippen LogP contribution >= 0.6 is 0 Å². The van der Waals surface area contributed by atoms with Crippen LogP contribution < -0.4 is 5.32 Å². The van der Waals surface area contributed by atoms with Gasteiger partial charge in [-0.15, -0.1) is 0 Å².